The molecule has 0 radical (unpaired) electrons. The van der Waals surface area contributed by atoms with Crippen molar-refractivity contribution in [3.05, 3.63) is 382 Å². The molecule has 0 saturated carbocycles. The SMILES string of the molecule is c1ccc(N(c2cccc(-c3nc(-c4cccc(N(c5ccccc5)c5ccc6c7ccccc7n(-c7ccccc7)c6c5)c4)nc(-c4cccc(N(c5ccccc5)c5ccc6c7ccccc7n(-c7ccccc7)c6c5)c4)n3)c2)c2ccc3c4ccccc4n(-c4ccccc4)c3c2)cc1. The molecule has 4 aromatic heterocycles. The van der Waals surface area contributed by atoms with Crippen LogP contribution in [0.25, 0.3) is 117 Å². The van der Waals surface area contributed by atoms with Crippen LogP contribution in [0, 0.1) is 0 Å². The van der Waals surface area contributed by atoms with Crippen LogP contribution in [0.15, 0.2) is 382 Å². The van der Waals surface area contributed by atoms with Crippen LogP contribution in [0.4, 0.5) is 51.2 Å². The van der Waals surface area contributed by atoms with Crippen LogP contribution in [0.5, 0.6) is 0 Å². The Morgan fingerprint density at radius 1 is 0.167 bits per heavy atom. The third-order valence-corrected chi connectivity index (χ3v) is 19.6. The van der Waals surface area contributed by atoms with Gasteiger partial charge in [-0.05, 0) is 164 Å². The molecule has 0 spiro atoms. The lowest BCUT2D eigenvalue weighted by molar-refractivity contribution is 1.07. The number of benzene rings is 15. The van der Waals surface area contributed by atoms with Crippen molar-refractivity contribution in [1.29, 1.82) is 0 Å². The van der Waals surface area contributed by atoms with Gasteiger partial charge in [-0.1, -0.05) is 218 Å². The number of aromatic nitrogens is 6. The van der Waals surface area contributed by atoms with E-state index in [9.17, 15) is 0 Å². The first-order chi connectivity index (χ1) is 50.6. The van der Waals surface area contributed by atoms with Crippen molar-refractivity contribution >= 4 is 117 Å². The summed E-state index contributed by atoms with van der Waals surface area (Å²) in [5.74, 6) is 1.58. The van der Waals surface area contributed by atoms with Gasteiger partial charge >= 0.3 is 0 Å². The molecule has 19 aromatic rings. The van der Waals surface area contributed by atoms with E-state index in [0.29, 0.717) is 17.5 Å². The molecule has 4 heterocycles. The molecule has 9 heteroatoms. The highest BCUT2D eigenvalue weighted by Crippen LogP contribution is 2.45. The highest BCUT2D eigenvalue weighted by Gasteiger charge is 2.24. The fourth-order valence-corrected chi connectivity index (χ4v) is 15.0. The van der Waals surface area contributed by atoms with Gasteiger partial charge in [-0.2, -0.15) is 0 Å². The van der Waals surface area contributed by atoms with Crippen LogP contribution in [0.1, 0.15) is 0 Å². The molecule has 0 fully saturated rings. The Labute approximate surface area is 589 Å². The van der Waals surface area contributed by atoms with Crippen molar-refractivity contribution in [3.8, 4) is 51.2 Å². The molecule has 0 atom stereocenters. The summed E-state index contributed by atoms with van der Waals surface area (Å²) in [4.78, 5) is 23.7. The van der Waals surface area contributed by atoms with E-state index in [4.69, 9.17) is 15.0 Å². The lowest BCUT2D eigenvalue weighted by Crippen LogP contribution is -2.11. The Kier molecular flexibility index (Phi) is 14.7. The molecule has 15 aromatic carbocycles. The van der Waals surface area contributed by atoms with E-state index < -0.39 is 0 Å². The Morgan fingerprint density at radius 3 is 0.676 bits per heavy atom. The number of rotatable bonds is 15. The molecule has 480 valence electrons. The van der Waals surface area contributed by atoms with E-state index in [2.05, 4.69) is 411 Å². The van der Waals surface area contributed by atoms with E-state index in [1.54, 1.807) is 0 Å². The zero-order valence-electron chi connectivity index (χ0n) is 55.4. The van der Waals surface area contributed by atoms with E-state index in [-0.39, 0.29) is 0 Å². The largest absolute Gasteiger partial charge is 0.310 e. The van der Waals surface area contributed by atoms with Crippen LogP contribution in [-0.2, 0) is 0 Å². The van der Waals surface area contributed by atoms with E-state index in [1.165, 1.54) is 32.3 Å². The van der Waals surface area contributed by atoms with Gasteiger partial charge in [-0.15, -0.1) is 0 Å². The second kappa shape index (κ2) is 25.2. The number of hydrogen-bond acceptors (Lipinski definition) is 6. The zero-order chi connectivity index (χ0) is 67.5. The minimum absolute atomic E-state index is 0.526. The Morgan fingerprint density at radius 2 is 0.392 bits per heavy atom. The number of anilines is 9. The van der Waals surface area contributed by atoms with Gasteiger partial charge in [0.1, 0.15) is 0 Å². The summed E-state index contributed by atoms with van der Waals surface area (Å²) < 4.78 is 7.12. The highest BCUT2D eigenvalue weighted by atomic mass is 15.2. The first-order valence-corrected chi connectivity index (χ1v) is 34.5. The second-order valence-electron chi connectivity index (χ2n) is 25.6. The van der Waals surface area contributed by atoms with Crippen molar-refractivity contribution in [3.63, 3.8) is 0 Å². The standard InChI is InChI=1S/C93H63N9/c1-7-31-67(32-8-1)97(76-52-55-82-79-46-19-22-49-85(79)100(88(82)61-76)70-37-13-4-14-38-70)73-43-25-28-64(58-73)91-94-92(65-29-26-44-74(59-65)98(68-33-9-2-10-34-68)77-53-56-83-80-47-20-23-50-86(80)101(89(83)62-77)71-39-15-5-16-40-71)96-93(95-91)66-30-27-45-75(60-66)99(69-35-11-3-12-36-69)78-54-57-84-81-48-21-24-51-87(81)102(90(84)63-78)72-41-17-6-18-42-72/h1-63H. The van der Waals surface area contributed by atoms with E-state index in [1.807, 2.05) is 0 Å². The molecule has 0 N–H and O–H groups in total. The lowest BCUT2D eigenvalue weighted by Gasteiger charge is -2.26. The van der Waals surface area contributed by atoms with Crippen molar-refractivity contribution in [1.82, 2.24) is 28.7 Å². The normalized spacial score (nSPS) is 11.5. The quantitative estimate of drug-likeness (QED) is 0.102. The smallest absolute Gasteiger partial charge is 0.164 e. The van der Waals surface area contributed by atoms with Crippen LogP contribution >= 0.6 is 0 Å². The van der Waals surface area contributed by atoms with Crippen LogP contribution in [0.2, 0.25) is 0 Å². The monoisotopic (exact) mass is 1310 g/mol. The molecule has 0 aliphatic carbocycles. The maximum absolute atomic E-state index is 5.57. The highest BCUT2D eigenvalue weighted by molar-refractivity contribution is 6.13. The molecule has 0 amide bonds. The summed E-state index contributed by atoms with van der Waals surface area (Å²) in [6.07, 6.45) is 0. The molecule has 19 rings (SSSR count). The van der Waals surface area contributed by atoms with Crippen molar-refractivity contribution in [2.24, 2.45) is 0 Å². The molecule has 0 bridgehead atoms. The van der Waals surface area contributed by atoms with Gasteiger partial charge in [0.2, 0.25) is 0 Å². The summed E-state index contributed by atoms with van der Waals surface area (Å²) in [5, 5.41) is 7.13. The van der Waals surface area contributed by atoms with Crippen molar-refractivity contribution < 1.29 is 0 Å². The van der Waals surface area contributed by atoms with Gasteiger partial charge in [0.15, 0.2) is 17.5 Å². The molecular formula is C93H63N9. The van der Waals surface area contributed by atoms with Crippen LogP contribution in [0.3, 0.4) is 0 Å². The maximum Gasteiger partial charge on any atom is 0.164 e. The third kappa shape index (κ3) is 10.5. The summed E-state index contributed by atoms with van der Waals surface area (Å²) >= 11 is 0. The predicted molar refractivity (Wildman–Crippen MR) is 423 cm³/mol. The molecule has 9 nitrogen and oxygen atoms in total. The minimum Gasteiger partial charge on any atom is -0.310 e. The molecule has 102 heavy (non-hydrogen) atoms. The van der Waals surface area contributed by atoms with Crippen molar-refractivity contribution in [2.75, 3.05) is 14.7 Å². The third-order valence-electron chi connectivity index (χ3n) is 19.6. The number of nitrogens with zero attached hydrogens (tertiary/aromatic N) is 9. The van der Waals surface area contributed by atoms with Gasteiger partial charge in [0, 0.05) is 117 Å². The van der Waals surface area contributed by atoms with Gasteiger partial charge in [-0.25, -0.2) is 15.0 Å². The Bertz CT molecular complexity index is 5700. The lowest BCUT2D eigenvalue weighted by atomic mass is 10.1. The van der Waals surface area contributed by atoms with Gasteiger partial charge in [0.25, 0.3) is 0 Å². The fraction of sp³-hybridized carbons (Fsp3) is 0. The Balaban J connectivity index is 0.787. The molecule has 0 aliphatic rings. The average Bonchev–Trinajstić information content (AvgIpc) is 1.60. The van der Waals surface area contributed by atoms with E-state index in [0.717, 1.165) is 118 Å². The maximum atomic E-state index is 5.57. The number of hydrogen-bond donors (Lipinski definition) is 0. The zero-order valence-corrected chi connectivity index (χ0v) is 55.4. The minimum atomic E-state index is 0.526. The molecular weight excluding hydrogens is 1240 g/mol. The summed E-state index contributed by atoms with van der Waals surface area (Å²) in [6.45, 7) is 0. The average molecular weight is 1310 g/mol. The molecule has 0 unspecified atom stereocenters. The van der Waals surface area contributed by atoms with Gasteiger partial charge in [-0.3, -0.25) is 0 Å². The van der Waals surface area contributed by atoms with E-state index >= 15 is 0 Å². The van der Waals surface area contributed by atoms with Crippen LogP contribution < -0.4 is 14.7 Å². The second-order valence-corrected chi connectivity index (χ2v) is 25.6. The topological polar surface area (TPSA) is 63.2 Å². The fourth-order valence-electron chi connectivity index (χ4n) is 15.0. The van der Waals surface area contributed by atoms with Crippen LogP contribution in [-0.4, -0.2) is 28.7 Å². The number of para-hydroxylation sites is 9. The molecule has 0 aliphatic heterocycles. The Hall–Kier alpha value is -13.9. The van der Waals surface area contributed by atoms with Crippen molar-refractivity contribution in [2.45, 2.75) is 0 Å². The first-order valence-electron chi connectivity index (χ1n) is 34.5. The molecule has 0 saturated heterocycles. The van der Waals surface area contributed by atoms with Gasteiger partial charge < -0.3 is 28.4 Å². The van der Waals surface area contributed by atoms with Gasteiger partial charge in [0.05, 0.1) is 33.1 Å². The predicted octanol–water partition coefficient (Wildman–Crippen LogP) is 24.6. The first kappa shape index (κ1) is 59.4. The summed E-state index contributed by atoms with van der Waals surface area (Å²) in [7, 11) is 0. The summed E-state index contributed by atoms with van der Waals surface area (Å²) in [6, 6.07) is 136. The summed E-state index contributed by atoms with van der Waals surface area (Å²) in [5.41, 5.74) is 21.4. The number of fused-ring (bicyclic) bond motifs is 9.